The highest BCUT2D eigenvalue weighted by Crippen LogP contribution is 2.27. The summed E-state index contributed by atoms with van der Waals surface area (Å²) in [5.41, 5.74) is 0. The maximum Gasteiger partial charge on any atom is 0.134 e. The lowest BCUT2D eigenvalue weighted by Gasteiger charge is -2.18. The first kappa shape index (κ1) is 12.2. The van der Waals surface area contributed by atoms with Crippen LogP contribution in [0.4, 0.5) is 5.82 Å². The van der Waals surface area contributed by atoms with Crippen LogP contribution in [0.3, 0.4) is 0 Å². The Hall–Kier alpha value is -1.81. The summed E-state index contributed by atoms with van der Waals surface area (Å²) in [5, 5.41) is 5.73. The topological polar surface area (TPSA) is 43.4 Å². The van der Waals surface area contributed by atoms with Crippen molar-refractivity contribution in [3.05, 3.63) is 30.5 Å². The maximum absolute atomic E-state index is 5.58. The molecule has 2 atom stereocenters. The first-order chi connectivity index (χ1) is 9.28. The smallest absolute Gasteiger partial charge is 0.134 e. The van der Waals surface area contributed by atoms with Crippen LogP contribution in [-0.2, 0) is 4.74 Å². The Morgan fingerprint density at radius 2 is 2.26 bits per heavy atom. The number of aromatic nitrogens is 1. The van der Waals surface area contributed by atoms with Crippen molar-refractivity contribution < 1.29 is 9.47 Å². The van der Waals surface area contributed by atoms with Crippen LogP contribution in [0.1, 0.15) is 13.3 Å². The Bertz CT molecular complexity index is 585. The molecule has 1 aliphatic rings. The van der Waals surface area contributed by atoms with Gasteiger partial charge >= 0.3 is 0 Å². The van der Waals surface area contributed by atoms with Gasteiger partial charge in [-0.25, -0.2) is 4.98 Å². The third-order valence-corrected chi connectivity index (χ3v) is 3.67. The Kier molecular flexibility index (Phi) is 3.25. The van der Waals surface area contributed by atoms with E-state index >= 15 is 0 Å². The summed E-state index contributed by atoms with van der Waals surface area (Å²) in [6.45, 7) is 2.91. The molecule has 0 bridgehead atoms. The molecule has 1 aliphatic heterocycles. The molecule has 4 nitrogen and oxygen atoms in total. The second-order valence-corrected chi connectivity index (χ2v) is 4.86. The lowest BCUT2D eigenvalue weighted by molar-refractivity contribution is 0.121. The summed E-state index contributed by atoms with van der Waals surface area (Å²) in [6, 6.07) is 8.37. The summed E-state index contributed by atoms with van der Waals surface area (Å²) < 4.78 is 10.9. The van der Waals surface area contributed by atoms with Crippen molar-refractivity contribution in [2.75, 3.05) is 19.0 Å². The van der Waals surface area contributed by atoms with Gasteiger partial charge in [-0.3, -0.25) is 0 Å². The van der Waals surface area contributed by atoms with E-state index in [2.05, 4.69) is 23.3 Å². The fourth-order valence-corrected chi connectivity index (χ4v) is 2.49. The number of methoxy groups -OCH3 is 1. The first-order valence-electron chi connectivity index (χ1n) is 6.59. The van der Waals surface area contributed by atoms with Gasteiger partial charge in [0.25, 0.3) is 0 Å². The fourth-order valence-electron chi connectivity index (χ4n) is 2.49. The minimum absolute atomic E-state index is 0.225. The van der Waals surface area contributed by atoms with Gasteiger partial charge in [-0.2, -0.15) is 0 Å². The van der Waals surface area contributed by atoms with E-state index in [1.165, 1.54) is 0 Å². The van der Waals surface area contributed by atoms with Gasteiger partial charge in [0.2, 0.25) is 0 Å². The van der Waals surface area contributed by atoms with Crippen LogP contribution in [-0.4, -0.2) is 30.8 Å². The zero-order chi connectivity index (χ0) is 13.2. The zero-order valence-corrected chi connectivity index (χ0v) is 11.2. The lowest BCUT2D eigenvalue weighted by Crippen LogP contribution is -2.27. The molecular weight excluding hydrogens is 240 g/mol. The monoisotopic (exact) mass is 258 g/mol. The molecule has 0 saturated carbocycles. The van der Waals surface area contributed by atoms with Crippen LogP contribution in [0, 0.1) is 0 Å². The predicted octanol–water partition coefficient (Wildman–Crippen LogP) is 2.83. The number of hydrogen-bond donors (Lipinski definition) is 1. The summed E-state index contributed by atoms with van der Waals surface area (Å²) in [6.07, 6.45) is 3.07. The Morgan fingerprint density at radius 1 is 1.37 bits per heavy atom. The Labute approximate surface area is 112 Å². The largest absolute Gasteiger partial charge is 0.497 e. The summed E-state index contributed by atoms with van der Waals surface area (Å²) in [7, 11) is 1.68. The normalized spacial score (nSPS) is 22.6. The van der Waals surface area contributed by atoms with Crippen LogP contribution in [0.25, 0.3) is 10.8 Å². The Balaban J connectivity index is 1.97. The molecule has 1 aromatic heterocycles. The predicted molar refractivity (Wildman–Crippen MR) is 75.7 cm³/mol. The van der Waals surface area contributed by atoms with E-state index < -0.39 is 0 Å². The van der Waals surface area contributed by atoms with Crippen LogP contribution < -0.4 is 10.1 Å². The summed E-state index contributed by atoms with van der Waals surface area (Å²) >= 11 is 0. The van der Waals surface area contributed by atoms with Crippen LogP contribution in [0.15, 0.2) is 30.5 Å². The minimum Gasteiger partial charge on any atom is -0.497 e. The number of ether oxygens (including phenoxy) is 2. The molecule has 0 radical (unpaired) electrons. The van der Waals surface area contributed by atoms with Gasteiger partial charge in [0.1, 0.15) is 11.6 Å². The van der Waals surface area contributed by atoms with Crippen molar-refractivity contribution in [1.29, 1.82) is 0 Å². The number of nitrogens with zero attached hydrogens (tertiary/aromatic N) is 1. The highest BCUT2D eigenvalue weighted by atomic mass is 16.5. The van der Waals surface area contributed by atoms with Gasteiger partial charge in [0, 0.05) is 18.2 Å². The number of rotatable bonds is 3. The molecule has 0 amide bonds. The Morgan fingerprint density at radius 3 is 3.00 bits per heavy atom. The van der Waals surface area contributed by atoms with Gasteiger partial charge in [0.15, 0.2) is 0 Å². The van der Waals surface area contributed by atoms with Gasteiger partial charge in [-0.15, -0.1) is 0 Å². The molecule has 1 aromatic carbocycles. The third kappa shape index (κ3) is 2.36. The molecule has 4 heteroatoms. The van der Waals surface area contributed by atoms with Crippen LogP contribution in [0.5, 0.6) is 5.75 Å². The van der Waals surface area contributed by atoms with Gasteiger partial charge < -0.3 is 14.8 Å². The summed E-state index contributed by atoms with van der Waals surface area (Å²) in [4.78, 5) is 4.46. The quantitative estimate of drug-likeness (QED) is 0.919. The molecule has 100 valence electrons. The number of nitrogens with one attached hydrogen (secondary N) is 1. The second kappa shape index (κ2) is 5.05. The van der Waals surface area contributed by atoms with E-state index in [1.54, 1.807) is 7.11 Å². The van der Waals surface area contributed by atoms with Crippen molar-refractivity contribution >= 4 is 16.6 Å². The van der Waals surface area contributed by atoms with E-state index in [1.807, 2.05) is 24.4 Å². The maximum atomic E-state index is 5.58. The SMILES string of the molecule is COc1ccc2ccnc(NC3CCOC3C)c2c1. The molecule has 3 rings (SSSR count). The molecule has 1 fully saturated rings. The number of benzene rings is 1. The molecular formula is C15H18N2O2. The molecule has 2 unspecified atom stereocenters. The average molecular weight is 258 g/mol. The fraction of sp³-hybridized carbons (Fsp3) is 0.400. The zero-order valence-electron chi connectivity index (χ0n) is 11.2. The first-order valence-corrected chi connectivity index (χ1v) is 6.59. The van der Waals surface area contributed by atoms with Crippen molar-refractivity contribution in [3.8, 4) is 5.75 Å². The number of fused-ring (bicyclic) bond motifs is 1. The highest BCUT2D eigenvalue weighted by Gasteiger charge is 2.24. The number of pyridine rings is 1. The average Bonchev–Trinajstić information content (AvgIpc) is 2.84. The van der Waals surface area contributed by atoms with E-state index in [0.29, 0.717) is 6.04 Å². The van der Waals surface area contributed by atoms with Crippen molar-refractivity contribution in [2.24, 2.45) is 0 Å². The number of anilines is 1. The molecule has 0 aliphatic carbocycles. The van der Waals surface area contributed by atoms with Crippen molar-refractivity contribution in [1.82, 2.24) is 4.98 Å². The van der Waals surface area contributed by atoms with Crippen LogP contribution in [0.2, 0.25) is 0 Å². The minimum atomic E-state index is 0.225. The van der Waals surface area contributed by atoms with E-state index in [9.17, 15) is 0 Å². The van der Waals surface area contributed by atoms with Crippen molar-refractivity contribution in [3.63, 3.8) is 0 Å². The molecule has 1 saturated heterocycles. The standard InChI is InChI=1S/C15H18N2O2/c1-10-14(6-8-19-10)17-15-13-9-12(18-2)4-3-11(13)5-7-16-15/h3-5,7,9-10,14H,6,8H2,1-2H3,(H,16,17). The molecule has 2 aromatic rings. The van der Waals surface area contributed by atoms with Crippen LogP contribution >= 0.6 is 0 Å². The van der Waals surface area contributed by atoms with Crippen molar-refractivity contribution in [2.45, 2.75) is 25.5 Å². The van der Waals surface area contributed by atoms with Gasteiger partial charge in [-0.05, 0) is 36.9 Å². The third-order valence-electron chi connectivity index (χ3n) is 3.67. The molecule has 19 heavy (non-hydrogen) atoms. The molecule has 1 N–H and O–H groups in total. The van der Waals surface area contributed by atoms with E-state index in [4.69, 9.17) is 9.47 Å². The van der Waals surface area contributed by atoms with Gasteiger partial charge in [0.05, 0.1) is 19.3 Å². The van der Waals surface area contributed by atoms with E-state index in [-0.39, 0.29) is 6.10 Å². The summed E-state index contributed by atoms with van der Waals surface area (Å²) in [5.74, 6) is 1.75. The lowest BCUT2D eigenvalue weighted by atomic mass is 10.1. The highest BCUT2D eigenvalue weighted by molar-refractivity contribution is 5.92. The second-order valence-electron chi connectivity index (χ2n) is 4.86. The molecule has 2 heterocycles. The molecule has 0 spiro atoms. The van der Waals surface area contributed by atoms with Gasteiger partial charge in [-0.1, -0.05) is 6.07 Å². The van der Waals surface area contributed by atoms with E-state index in [0.717, 1.165) is 35.4 Å². The number of hydrogen-bond acceptors (Lipinski definition) is 4.